The van der Waals surface area contributed by atoms with Gasteiger partial charge < -0.3 is 5.32 Å². The third kappa shape index (κ3) is 5.79. The number of sulfonamides is 1. The Labute approximate surface area is 117 Å². The van der Waals surface area contributed by atoms with Gasteiger partial charge in [-0.25, -0.2) is 13.1 Å². The highest BCUT2D eigenvalue weighted by atomic mass is 32.2. The smallest absolute Gasteiger partial charge is 0.212 e. The second-order valence-corrected chi connectivity index (χ2v) is 8.12. The maximum absolute atomic E-state index is 11.8. The van der Waals surface area contributed by atoms with Crippen molar-refractivity contribution < 1.29 is 8.42 Å². The zero-order valence-corrected chi connectivity index (χ0v) is 12.8. The summed E-state index contributed by atoms with van der Waals surface area (Å²) in [7, 11) is -3.08. The van der Waals surface area contributed by atoms with Gasteiger partial charge in [0, 0.05) is 19.1 Å². The molecule has 0 aromatic carbocycles. The van der Waals surface area contributed by atoms with Crippen molar-refractivity contribution in [3.05, 3.63) is 0 Å². The molecular formula is C14H28N2O2S. The summed E-state index contributed by atoms with van der Waals surface area (Å²) >= 11 is 0. The Bertz CT molecular complexity index is 358. The normalized spacial score (nSPS) is 28.5. The Kier molecular flexibility index (Phi) is 5.66. The van der Waals surface area contributed by atoms with Crippen molar-refractivity contribution in [3.8, 4) is 0 Å². The standard InChI is InChI=1S/C14H28N2O2S/c1-2-12-3-5-13(6-4-12)11-16-19(17,18)10-9-15-14-7-8-14/h12-16H,2-11H2,1H3. The van der Waals surface area contributed by atoms with E-state index in [0.717, 1.165) is 5.92 Å². The zero-order valence-electron chi connectivity index (χ0n) is 12.0. The molecule has 0 heterocycles. The quantitative estimate of drug-likeness (QED) is 0.717. The molecule has 0 spiro atoms. The van der Waals surface area contributed by atoms with Crippen molar-refractivity contribution >= 4 is 10.0 Å². The molecular weight excluding hydrogens is 260 g/mol. The summed E-state index contributed by atoms with van der Waals surface area (Å²) in [5, 5.41) is 3.24. The summed E-state index contributed by atoms with van der Waals surface area (Å²) in [5.74, 6) is 1.64. The van der Waals surface area contributed by atoms with Gasteiger partial charge in [-0.2, -0.15) is 0 Å². The molecule has 0 atom stereocenters. The lowest BCUT2D eigenvalue weighted by Crippen LogP contribution is -2.36. The summed E-state index contributed by atoms with van der Waals surface area (Å²) in [5.41, 5.74) is 0. The van der Waals surface area contributed by atoms with E-state index in [1.54, 1.807) is 0 Å². The van der Waals surface area contributed by atoms with Crippen molar-refractivity contribution in [2.45, 2.75) is 57.9 Å². The van der Waals surface area contributed by atoms with Crippen LogP contribution in [0.15, 0.2) is 0 Å². The van der Waals surface area contributed by atoms with Gasteiger partial charge in [0.15, 0.2) is 0 Å². The lowest BCUT2D eigenvalue weighted by atomic mass is 9.81. The van der Waals surface area contributed by atoms with E-state index >= 15 is 0 Å². The first-order valence-corrected chi connectivity index (χ1v) is 9.45. The molecule has 0 aromatic rings. The molecule has 5 heteroatoms. The highest BCUT2D eigenvalue weighted by Crippen LogP contribution is 2.30. The Balaban J connectivity index is 1.60. The van der Waals surface area contributed by atoms with Gasteiger partial charge in [-0.3, -0.25) is 0 Å². The average molecular weight is 288 g/mol. The van der Waals surface area contributed by atoms with Crippen LogP contribution in [0.4, 0.5) is 0 Å². The maximum atomic E-state index is 11.8. The second-order valence-electron chi connectivity index (χ2n) is 6.19. The van der Waals surface area contributed by atoms with Crippen LogP contribution in [-0.4, -0.2) is 33.3 Å². The summed E-state index contributed by atoms with van der Waals surface area (Å²) in [6.45, 7) is 3.48. The minimum Gasteiger partial charge on any atom is -0.313 e. The first kappa shape index (κ1) is 15.3. The molecule has 0 saturated heterocycles. The van der Waals surface area contributed by atoms with Crippen molar-refractivity contribution in [3.63, 3.8) is 0 Å². The molecule has 0 radical (unpaired) electrons. The van der Waals surface area contributed by atoms with Gasteiger partial charge in [-0.05, 0) is 37.5 Å². The molecule has 0 aromatic heterocycles. The van der Waals surface area contributed by atoms with E-state index in [2.05, 4.69) is 17.0 Å². The minimum atomic E-state index is -3.08. The largest absolute Gasteiger partial charge is 0.313 e. The molecule has 2 rings (SSSR count). The van der Waals surface area contributed by atoms with E-state index in [4.69, 9.17) is 0 Å². The van der Waals surface area contributed by atoms with Gasteiger partial charge in [0.1, 0.15) is 0 Å². The Morgan fingerprint density at radius 3 is 2.21 bits per heavy atom. The molecule has 0 aliphatic heterocycles. The Morgan fingerprint density at radius 1 is 1.00 bits per heavy atom. The zero-order chi connectivity index (χ0) is 13.7. The average Bonchev–Trinajstić information content (AvgIpc) is 3.21. The Morgan fingerprint density at radius 2 is 1.63 bits per heavy atom. The fourth-order valence-electron chi connectivity index (χ4n) is 2.85. The molecule has 2 fully saturated rings. The number of nitrogens with one attached hydrogen (secondary N) is 2. The van der Waals surface area contributed by atoms with Gasteiger partial charge in [0.05, 0.1) is 5.75 Å². The van der Waals surface area contributed by atoms with Crippen LogP contribution in [0, 0.1) is 11.8 Å². The molecule has 2 aliphatic carbocycles. The molecule has 0 amide bonds. The minimum absolute atomic E-state index is 0.216. The van der Waals surface area contributed by atoms with E-state index in [-0.39, 0.29) is 5.75 Å². The summed E-state index contributed by atoms with van der Waals surface area (Å²) in [4.78, 5) is 0. The third-order valence-electron chi connectivity index (χ3n) is 4.52. The third-order valence-corrected chi connectivity index (χ3v) is 5.86. The van der Waals surface area contributed by atoms with E-state index in [9.17, 15) is 8.42 Å². The predicted octanol–water partition coefficient (Wildman–Crippen LogP) is 1.87. The molecule has 2 saturated carbocycles. The summed E-state index contributed by atoms with van der Waals surface area (Å²) < 4.78 is 26.5. The monoisotopic (exact) mass is 288 g/mol. The van der Waals surface area contributed by atoms with Gasteiger partial charge in [0.2, 0.25) is 10.0 Å². The molecule has 2 N–H and O–H groups in total. The molecule has 19 heavy (non-hydrogen) atoms. The van der Waals surface area contributed by atoms with Crippen LogP contribution in [0.1, 0.15) is 51.9 Å². The van der Waals surface area contributed by atoms with Crippen LogP contribution < -0.4 is 10.0 Å². The number of hydrogen-bond acceptors (Lipinski definition) is 3. The lowest BCUT2D eigenvalue weighted by molar-refractivity contribution is 0.270. The van der Waals surface area contributed by atoms with Gasteiger partial charge >= 0.3 is 0 Å². The van der Waals surface area contributed by atoms with Crippen LogP contribution in [0.3, 0.4) is 0 Å². The maximum Gasteiger partial charge on any atom is 0.212 e. The van der Waals surface area contributed by atoms with E-state index in [1.165, 1.54) is 44.9 Å². The first-order valence-electron chi connectivity index (χ1n) is 7.80. The van der Waals surface area contributed by atoms with Crippen molar-refractivity contribution in [2.75, 3.05) is 18.8 Å². The van der Waals surface area contributed by atoms with Gasteiger partial charge in [-0.1, -0.05) is 26.2 Å². The second kappa shape index (κ2) is 7.04. The van der Waals surface area contributed by atoms with Crippen LogP contribution in [0.25, 0.3) is 0 Å². The molecule has 0 bridgehead atoms. The van der Waals surface area contributed by atoms with Gasteiger partial charge in [-0.15, -0.1) is 0 Å². The van der Waals surface area contributed by atoms with Crippen molar-refractivity contribution in [2.24, 2.45) is 11.8 Å². The summed E-state index contributed by atoms with van der Waals surface area (Å²) in [6, 6.07) is 0.583. The number of hydrogen-bond donors (Lipinski definition) is 2. The highest BCUT2D eigenvalue weighted by Gasteiger charge is 2.23. The first-order chi connectivity index (χ1) is 9.09. The molecule has 112 valence electrons. The Hall–Kier alpha value is -0.130. The van der Waals surface area contributed by atoms with Crippen molar-refractivity contribution in [1.29, 1.82) is 0 Å². The fourth-order valence-corrected chi connectivity index (χ4v) is 3.87. The molecule has 2 aliphatic rings. The van der Waals surface area contributed by atoms with Crippen LogP contribution in [0.2, 0.25) is 0 Å². The SMILES string of the molecule is CCC1CCC(CNS(=O)(=O)CCNC2CC2)CC1. The number of rotatable bonds is 8. The van der Waals surface area contributed by atoms with E-state index in [1.807, 2.05) is 0 Å². The fraction of sp³-hybridized carbons (Fsp3) is 1.00. The van der Waals surface area contributed by atoms with Crippen LogP contribution in [0.5, 0.6) is 0 Å². The lowest BCUT2D eigenvalue weighted by Gasteiger charge is -2.27. The molecule has 0 unspecified atom stereocenters. The van der Waals surface area contributed by atoms with Gasteiger partial charge in [0.25, 0.3) is 0 Å². The topological polar surface area (TPSA) is 58.2 Å². The predicted molar refractivity (Wildman–Crippen MR) is 78.6 cm³/mol. The van der Waals surface area contributed by atoms with E-state index in [0.29, 0.717) is 25.0 Å². The van der Waals surface area contributed by atoms with E-state index < -0.39 is 10.0 Å². The molecule has 4 nitrogen and oxygen atoms in total. The highest BCUT2D eigenvalue weighted by molar-refractivity contribution is 7.89. The van der Waals surface area contributed by atoms with Crippen LogP contribution >= 0.6 is 0 Å². The van der Waals surface area contributed by atoms with Crippen LogP contribution in [-0.2, 0) is 10.0 Å². The van der Waals surface area contributed by atoms with Crippen molar-refractivity contribution in [1.82, 2.24) is 10.0 Å². The summed E-state index contributed by atoms with van der Waals surface area (Å²) in [6.07, 6.45) is 8.58.